The number of benzene rings is 1. The summed E-state index contributed by atoms with van der Waals surface area (Å²) < 4.78 is 16.6. The Morgan fingerprint density at radius 3 is 3.17 bits per heavy atom. The van der Waals surface area contributed by atoms with Crippen LogP contribution >= 0.6 is 0 Å². The summed E-state index contributed by atoms with van der Waals surface area (Å²) in [6.45, 7) is 2.19. The number of methoxy groups -OCH3 is 1. The number of fused-ring (bicyclic) bond motifs is 3. The van der Waals surface area contributed by atoms with E-state index in [1.54, 1.807) is 6.20 Å². The molecule has 1 amide bonds. The minimum Gasteiger partial charge on any atom is -0.486 e. The molecule has 0 spiro atoms. The van der Waals surface area contributed by atoms with E-state index in [4.69, 9.17) is 15.2 Å². The van der Waals surface area contributed by atoms with E-state index in [1.807, 2.05) is 19.1 Å². The van der Waals surface area contributed by atoms with E-state index in [2.05, 4.69) is 20.3 Å². The van der Waals surface area contributed by atoms with Crippen LogP contribution in [0.5, 0.6) is 11.5 Å². The molecule has 1 aliphatic rings. The van der Waals surface area contributed by atoms with Crippen molar-refractivity contribution in [3.8, 4) is 11.5 Å². The van der Waals surface area contributed by atoms with Crippen molar-refractivity contribution < 1.29 is 19.0 Å². The van der Waals surface area contributed by atoms with E-state index < -0.39 is 6.09 Å². The molecule has 8 heteroatoms. The molecule has 4 N–H and O–H groups in total. The van der Waals surface area contributed by atoms with E-state index in [-0.39, 0.29) is 18.2 Å². The third-order valence-electron chi connectivity index (χ3n) is 3.77. The Morgan fingerprint density at radius 2 is 2.43 bits per heavy atom. The van der Waals surface area contributed by atoms with Gasteiger partial charge in [0.1, 0.15) is 12.1 Å². The first-order chi connectivity index (χ1) is 11.1. The first kappa shape index (κ1) is 15.4. The monoisotopic (exact) mass is 320 g/mol. The average molecular weight is 320 g/mol. The topological polar surface area (TPSA) is 111 Å². The number of amides is 1. The van der Waals surface area contributed by atoms with E-state index in [9.17, 15) is 4.79 Å². The van der Waals surface area contributed by atoms with Gasteiger partial charge in [-0.3, -0.25) is 5.10 Å². The number of hydrogen-bond acceptors (Lipinski definition) is 6. The quantitative estimate of drug-likeness (QED) is 0.779. The summed E-state index contributed by atoms with van der Waals surface area (Å²) in [6, 6.07) is 3.32. The Bertz CT molecular complexity index is 700. The predicted octanol–water partition coefficient (Wildman–Crippen LogP) is 1.16. The van der Waals surface area contributed by atoms with Gasteiger partial charge in [0.05, 0.1) is 19.3 Å². The SMILES string of the molecule is COC(=O)NC(CC(C)N)C1COc2ccc3cn[nH]c3c2O1. The maximum Gasteiger partial charge on any atom is 0.407 e. The van der Waals surface area contributed by atoms with Gasteiger partial charge < -0.3 is 25.3 Å². The Balaban J connectivity index is 1.85. The normalized spacial score (nSPS) is 19.2. The van der Waals surface area contributed by atoms with Crippen LogP contribution in [0.15, 0.2) is 18.3 Å². The summed E-state index contributed by atoms with van der Waals surface area (Å²) in [6.07, 6.45) is 1.36. The number of nitrogens with zero attached hydrogens (tertiary/aromatic N) is 1. The lowest BCUT2D eigenvalue weighted by molar-refractivity contribution is 0.0576. The summed E-state index contributed by atoms with van der Waals surface area (Å²) in [7, 11) is 1.32. The number of hydrogen-bond donors (Lipinski definition) is 3. The van der Waals surface area contributed by atoms with Crippen LogP contribution in [0.25, 0.3) is 10.9 Å². The Kier molecular flexibility index (Phi) is 4.24. The molecule has 2 aromatic rings. The lowest BCUT2D eigenvalue weighted by Gasteiger charge is -2.33. The molecule has 3 atom stereocenters. The lowest BCUT2D eigenvalue weighted by atomic mass is 10.0. The number of carbonyl (C=O) groups is 1. The fourth-order valence-corrected chi connectivity index (χ4v) is 2.67. The molecule has 0 radical (unpaired) electrons. The first-order valence-corrected chi connectivity index (χ1v) is 7.44. The lowest BCUT2D eigenvalue weighted by Crippen LogP contribution is -2.51. The number of nitrogens with two attached hydrogens (primary N) is 1. The smallest absolute Gasteiger partial charge is 0.407 e. The molecule has 124 valence electrons. The zero-order valence-electron chi connectivity index (χ0n) is 13.0. The summed E-state index contributed by atoms with van der Waals surface area (Å²) in [5, 5.41) is 10.6. The van der Waals surface area contributed by atoms with Crippen LogP contribution in [0, 0.1) is 0 Å². The second kappa shape index (κ2) is 6.33. The molecule has 0 saturated carbocycles. The molecule has 0 bridgehead atoms. The number of nitrogens with one attached hydrogen (secondary N) is 2. The molecule has 1 aliphatic heterocycles. The van der Waals surface area contributed by atoms with Crippen molar-refractivity contribution >= 4 is 17.0 Å². The number of aromatic nitrogens is 2. The molecule has 23 heavy (non-hydrogen) atoms. The average Bonchev–Trinajstić information content (AvgIpc) is 3.02. The van der Waals surface area contributed by atoms with Crippen LogP contribution in [0.1, 0.15) is 13.3 Å². The van der Waals surface area contributed by atoms with Crippen molar-refractivity contribution in [2.75, 3.05) is 13.7 Å². The predicted molar refractivity (Wildman–Crippen MR) is 83.6 cm³/mol. The molecular weight excluding hydrogens is 300 g/mol. The summed E-state index contributed by atoms with van der Waals surface area (Å²) >= 11 is 0. The van der Waals surface area contributed by atoms with Crippen LogP contribution in [-0.2, 0) is 4.74 Å². The third-order valence-corrected chi connectivity index (χ3v) is 3.77. The van der Waals surface area contributed by atoms with Gasteiger partial charge in [-0.25, -0.2) is 4.79 Å². The van der Waals surface area contributed by atoms with Crippen molar-refractivity contribution in [3.63, 3.8) is 0 Å². The van der Waals surface area contributed by atoms with Crippen molar-refractivity contribution in [2.45, 2.75) is 31.5 Å². The summed E-state index contributed by atoms with van der Waals surface area (Å²) in [5.41, 5.74) is 6.65. The molecule has 0 aliphatic carbocycles. The molecule has 1 aromatic heterocycles. The van der Waals surface area contributed by atoms with Crippen LogP contribution in [-0.4, -0.2) is 48.2 Å². The molecule has 1 aromatic carbocycles. The van der Waals surface area contributed by atoms with Crippen molar-refractivity contribution in [1.82, 2.24) is 15.5 Å². The number of rotatable bonds is 4. The number of ether oxygens (including phenoxy) is 3. The molecule has 0 saturated heterocycles. The fraction of sp³-hybridized carbons (Fsp3) is 0.467. The van der Waals surface area contributed by atoms with E-state index >= 15 is 0 Å². The van der Waals surface area contributed by atoms with Crippen molar-refractivity contribution in [1.29, 1.82) is 0 Å². The highest BCUT2D eigenvalue weighted by Crippen LogP contribution is 2.38. The molecule has 2 heterocycles. The fourth-order valence-electron chi connectivity index (χ4n) is 2.67. The first-order valence-electron chi connectivity index (χ1n) is 7.44. The highest BCUT2D eigenvalue weighted by molar-refractivity contribution is 5.86. The van der Waals surface area contributed by atoms with Gasteiger partial charge in [-0.15, -0.1) is 0 Å². The molecule has 0 fully saturated rings. The van der Waals surface area contributed by atoms with Gasteiger partial charge in [-0.2, -0.15) is 5.10 Å². The van der Waals surface area contributed by atoms with Gasteiger partial charge in [0.15, 0.2) is 17.6 Å². The molecule has 3 rings (SSSR count). The molecule has 8 nitrogen and oxygen atoms in total. The number of alkyl carbamates (subject to hydrolysis) is 1. The minimum atomic E-state index is -0.523. The summed E-state index contributed by atoms with van der Waals surface area (Å²) in [5.74, 6) is 1.24. The Labute approximate surface area is 133 Å². The second-order valence-corrected chi connectivity index (χ2v) is 5.65. The van der Waals surface area contributed by atoms with Gasteiger partial charge >= 0.3 is 6.09 Å². The number of aromatic amines is 1. The van der Waals surface area contributed by atoms with Gasteiger partial charge in [-0.1, -0.05) is 0 Å². The van der Waals surface area contributed by atoms with E-state index in [0.29, 0.717) is 24.5 Å². The Hall–Kier alpha value is -2.48. The number of carbonyl (C=O) groups excluding carboxylic acids is 1. The van der Waals surface area contributed by atoms with Crippen LogP contribution in [0.4, 0.5) is 4.79 Å². The second-order valence-electron chi connectivity index (χ2n) is 5.65. The maximum absolute atomic E-state index is 11.6. The molecular formula is C15H20N4O4. The van der Waals surface area contributed by atoms with Crippen LogP contribution < -0.4 is 20.5 Å². The maximum atomic E-state index is 11.6. The van der Waals surface area contributed by atoms with Gasteiger partial charge in [-0.05, 0) is 25.5 Å². The standard InChI is InChI=1S/C15H20N4O4/c1-8(16)5-10(18-15(20)21-2)12-7-22-11-4-3-9-6-17-19-13(9)14(11)23-12/h3-4,6,8,10,12H,5,7,16H2,1-2H3,(H,17,19)(H,18,20). The zero-order valence-corrected chi connectivity index (χ0v) is 13.0. The van der Waals surface area contributed by atoms with E-state index in [0.717, 1.165) is 10.9 Å². The van der Waals surface area contributed by atoms with Crippen molar-refractivity contribution in [2.24, 2.45) is 5.73 Å². The zero-order chi connectivity index (χ0) is 16.4. The van der Waals surface area contributed by atoms with Crippen LogP contribution in [0.3, 0.4) is 0 Å². The van der Waals surface area contributed by atoms with Crippen molar-refractivity contribution in [3.05, 3.63) is 18.3 Å². The molecule has 3 unspecified atom stereocenters. The Morgan fingerprint density at radius 1 is 1.61 bits per heavy atom. The minimum absolute atomic E-state index is 0.106. The highest BCUT2D eigenvalue weighted by Gasteiger charge is 2.32. The van der Waals surface area contributed by atoms with Crippen LogP contribution in [0.2, 0.25) is 0 Å². The van der Waals surface area contributed by atoms with Gasteiger partial charge in [0, 0.05) is 11.4 Å². The number of H-pyrrole nitrogens is 1. The van der Waals surface area contributed by atoms with Gasteiger partial charge in [0.2, 0.25) is 0 Å². The van der Waals surface area contributed by atoms with E-state index in [1.165, 1.54) is 7.11 Å². The highest BCUT2D eigenvalue weighted by atomic mass is 16.6. The largest absolute Gasteiger partial charge is 0.486 e. The van der Waals surface area contributed by atoms with Gasteiger partial charge in [0.25, 0.3) is 0 Å². The third kappa shape index (κ3) is 3.16. The summed E-state index contributed by atoms with van der Waals surface area (Å²) in [4.78, 5) is 11.6.